The van der Waals surface area contributed by atoms with E-state index in [-0.39, 0.29) is 6.03 Å². The van der Waals surface area contributed by atoms with E-state index in [0.29, 0.717) is 24.0 Å². The van der Waals surface area contributed by atoms with Crippen molar-refractivity contribution in [3.8, 4) is 0 Å². The normalized spacial score (nSPS) is 38.3. The number of likely N-dealkylation sites (tertiary alicyclic amines) is 1. The van der Waals surface area contributed by atoms with Crippen LogP contribution in [-0.4, -0.2) is 42.1 Å². The summed E-state index contributed by atoms with van der Waals surface area (Å²) in [5, 5.41) is 6.55. The molecular formula is C12H21N3O. The second-order valence-electron chi connectivity index (χ2n) is 5.55. The van der Waals surface area contributed by atoms with Crippen molar-refractivity contribution >= 4 is 6.03 Å². The van der Waals surface area contributed by atoms with Crippen LogP contribution in [0.2, 0.25) is 0 Å². The highest BCUT2D eigenvalue weighted by molar-refractivity contribution is 5.76. The van der Waals surface area contributed by atoms with Crippen LogP contribution in [0.5, 0.6) is 0 Å². The van der Waals surface area contributed by atoms with Crippen molar-refractivity contribution in [2.24, 2.45) is 5.92 Å². The number of rotatable bonds is 1. The van der Waals surface area contributed by atoms with E-state index in [1.54, 1.807) is 0 Å². The average Bonchev–Trinajstić information content (AvgIpc) is 2.70. The van der Waals surface area contributed by atoms with Gasteiger partial charge >= 0.3 is 6.03 Å². The maximum Gasteiger partial charge on any atom is 0.318 e. The third-order valence-electron chi connectivity index (χ3n) is 4.45. The van der Waals surface area contributed by atoms with Crippen molar-refractivity contribution in [3.63, 3.8) is 0 Å². The fourth-order valence-electron chi connectivity index (χ4n) is 3.32. The Morgan fingerprint density at radius 2 is 2.19 bits per heavy atom. The van der Waals surface area contributed by atoms with E-state index in [2.05, 4.69) is 22.5 Å². The maximum atomic E-state index is 12.2. The Labute approximate surface area is 96.8 Å². The molecule has 2 amide bonds. The van der Waals surface area contributed by atoms with Crippen molar-refractivity contribution in [2.75, 3.05) is 13.1 Å². The molecule has 0 aromatic heterocycles. The highest BCUT2D eigenvalue weighted by Crippen LogP contribution is 2.32. The highest BCUT2D eigenvalue weighted by atomic mass is 16.2. The Morgan fingerprint density at radius 1 is 1.38 bits per heavy atom. The standard InChI is InChI=1S/C12H21N3O/c1-8-5-9-6-13-7-11(9)15(8)12(16)14-10-3-2-4-10/h8-11,13H,2-7H2,1H3,(H,14,16). The largest absolute Gasteiger partial charge is 0.335 e. The van der Waals surface area contributed by atoms with Crippen LogP contribution < -0.4 is 10.6 Å². The number of carbonyl (C=O) groups is 1. The average molecular weight is 223 g/mol. The number of amides is 2. The number of nitrogens with one attached hydrogen (secondary N) is 2. The van der Waals surface area contributed by atoms with Gasteiger partial charge in [-0.25, -0.2) is 4.79 Å². The van der Waals surface area contributed by atoms with Crippen LogP contribution in [0, 0.1) is 5.92 Å². The van der Waals surface area contributed by atoms with E-state index in [9.17, 15) is 4.79 Å². The first kappa shape index (κ1) is 10.4. The molecule has 3 atom stereocenters. The third-order valence-corrected chi connectivity index (χ3v) is 4.45. The Hall–Kier alpha value is -0.770. The Balaban J connectivity index is 1.65. The summed E-state index contributed by atoms with van der Waals surface area (Å²) in [6, 6.07) is 1.48. The lowest BCUT2D eigenvalue weighted by Gasteiger charge is -2.33. The minimum absolute atomic E-state index is 0.174. The van der Waals surface area contributed by atoms with Gasteiger partial charge in [-0.2, -0.15) is 0 Å². The van der Waals surface area contributed by atoms with Crippen LogP contribution in [0.25, 0.3) is 0 Å². The van der Waals surface area contributed by atoms with E-state index in [1.165, 1.54) is 19.3 Å². The molecule has 2 heterocycles. The monoisotopic (exact) mass is 223 g/mol. The topological polar surface area (TPSA) is 44.4 Å². The van der Waals surface area contributed by atoms with Gasteiger partial charge in [0, 0.05) is 25.2 Å². The second kappa shape index (κ2) is 3.91. The van der Waals surface area contributed by atoms with Crippen LogP contribution in [0.1, 0.15) is 32.6 Å². The first-order chi connectivity index (χ1) is 7.75. The molecule has 0 aromatic rings. The van der Waals surface area contributed by atoms with Gasteiger partial charge in [-0.05, 0) is 38.5 Å². The van der Waals surface area contributed by atoms with Gasteiger partial charge in [-0.1, -0.05) is 0 Å². The molecule has 1 aliphatic carbocycles. The molecule has 2 N–H and O–H groups in total. The SMILES string of the molecule is CC1CC2CNCC2N1C(=O)NC1CCC1. The lowest BCUT2D eigenvalue weighted by molar-refractivity contribution is 0.166. The van der Waals surface area contributed by atoms with Crippen molar-refractivity contribution in [3.05, 3.63) is 0 Å². The van der Waals surface area contributed by atoms with Gasteiger partial charge in [0.1, 0.15) is 0 Å². The summed E-state index contributed by atoms with van der Waals surface area (Å²) in [7, 11) is 0. The maximum absolute atomic E-state index is 12.2. The third kappa shape index (κ3) is 1.59. The molecule has 0 aromatic carbocycles. The molecule has 3 aliphatic rings. The van der Waals surface area contributed by atoms with E-state index in [0.717, 1.165) is 19.5 Å². The molecule has 3 fully saturated rings. The molecule has 4 nitrogen and oxygen atoms in total. The quantitative estimate of drug-likeness (QED) is 0.694. The van der Waals surface area contributed by atoms with Crippen LogP contribution in [0.15, 0.2) is 0 Å². The molecule has 16 heavy (non-hydrogen) atoms. The minimum atomic E-state index is 0.174. The molecule has 0 spiro atoms. The molecule has 2 saturated heterocycles. The molecule has 1 saturated carbocycles. The number of hydrogen-bond donors (Lipinski definition) is 2. The molecular weight excluding hydrogens is 202 g/mol. The van der Waals surface area contributed by atoms with Gasteiger partial charge in [0.05, 0.1) is 6.04 Å². The van der Waals surface area contributed by atoms with Gasteiger partial charge in [0.2, 0.25) is 0 Å². The zero-order chi connectivity index (χ0) is 11.1. The minimum Gasteiger partial charge on any atom is -0.335 e. The predicted octanol–water partition coefficient (Wildman–Crippen LogP) is 0.931. The van der Waals surface area contributed by atoms with Crippen LogP contribution in [0.4, 0.5) is 4.79 Å². The first-order valence-electron chi connectivity index (χ1n) is 6.55. The number of nitrogens with zero attached hydrogens (tertiary/aromatic N) is 1. The molecule has 90 valence electrons. The summed E-state index contributed by atoms with van der Waals surface area (Å²) in [6.45, 7) is 4.24. The zero-order valence-electron chi connectivity index (χ0n) is 9.91. The van der Waals surface area contributed by atoms with E-state index >= 15 is 0 Å². The second-order valence-corrected chi connectivity index (χ2v) is 5.55. The van der Waals surface area contributed by atoms with E-state index < -0.39 is 0 Å². The summed E-state index contributed by atoms with van der Waals surface area (Å²) in [4.78, 5) is 14.3. The molecule has 3 rings (SSSR count). The van der Waals surface area contributed by atoms with Crippen LogP contribution in [-0.2, 0) is 0 Å². The van der Waals surface area contributed by atoms with Crippen molar-refractivity contribution in [1.82, 2.24) is 15.5 Å². The molecule has 0 radical (unpaired) electrons. The summed E-state index contributed by atoms with van der Waals surface area (Å²) in [5.41, 5.74) is 0. The molecule has 4 heteroatoms. The van der Waals surface area contributed by atoms with E-state index in [1.807, 2.05) is 0 Å². The molecule has 0 bridgehead atoms. The van der Waals surface area contributed by atoms with Gasteiger partial charge in [-0.15, -0.1) is 0 Å². The van der Waals surface area contributed by atoms with Gasteiger partial charge in [-0.3, -0.25) is 0 Å². The van der Waals surface area contributed by atoms with Gasteiger partial charge in [0.15, 0.2) is 0 Å². The van der Waals surface area contributed by atoms with Crippen molar-refractivity contribution in [1.29, 1.82) is 0 Å². The van der Waals surface area contributed by atoms with Gasteiger partial charge in [0.25, 0.3) is 0 Å². The fraction of sp³-hybridized carbons (Fsp3) is 0.917. The summed E-state index contributed by atoms with van der Waals surface area (Å²) in [5.74, 6) is 0.683. The zero-order valence-corrected chi connectivity index (χ0v) is 9.91. The molecule has 3 unspecified atom stereocenters. The summed E-state index contributed by atoms with van der Waals surface area (Å²) >= 11 is 0. The highest BCUT2D eigenvalue weighted by Gasteiger charge is 2.44. The summed E-state index contributed by atoms with van der Waals surface area (Å²) in [6.07, 6.45) is 4.77. The Bertz CT molecular complexity index is 290. The lowest BCUT2D eigenvalue weighted by atomic mass is 9.93. The Morgan fingerprint density at radius 3 is 2.88 bits per heavy atom. The molecule has 2 aliphatic heterocycles. The van der Waals surface area contributed by atoms with Crippen LogP contribution in [0.3, 0.4) is 0 Å². The number of hydrogen-bond acceptors (Lipinski definition) is 2. The number of carbonyl (C=O) groups excluding carboxylic acids is 1. The fourth-order valence-corrected chi connectivity index (χ4v) is 3.32. The van der Waals surface area contributed by atoms with Gasteiger partial charge < -0.3 is 15.5 Å². The number of fused-ring (bicyclic) bond motifs is 1. The Kier molecular flexibility index (Phi) is 2.54. The van der Waals surface area contributed by atoms with Crippen molar-refractivity contribution in [2.45, 2.75) is 50.7 Å². The predicted molar refractivity (Wildman–Crippen MR) is 62.2 cm³/mol. The lowest BCUT2D eigenvalue weighted by Crippen LogP contribution is -2.52. The van der Waals surface area contributed by atoms with Crippen molar-refractivity contribution < 1.29 is 4.79 Å². The van der Waals surface area contributed by atoms with E-state index in [4.69, 9.17) is 0 Å². The first-order valence-corrected chi connectivity index (χ1v) is 6.55. The summed E-state index contributed by atoms with van der Waals surface area (Å²) < 4.78 is 0. The number of urea groups is 1. The smallest absolute Gasteiger partial charge is 0.318 e. The van der Waals surface area contributed by atoms with Crippen LogP contribution >= 0.6 is 0 Å².